The smallest absolute Gasteiger partial charge is 0.141 e. The minimum atomic E-state index is 0.511. The molecule has 1 atom stereocenters. The Morgan fingerprint density at radius 2 is 1.95 bits per heavy atom. The Bertz CT molecular complexity index is 516. The zero-order chi connectivity index (χ0) is 14.1. The molecule has 1 aliphatic carbocycles. The maximum atomic E-state index is 5.31. The molecular formula is C16H23N3O. The summed E-state index contributed by atoms with van der Waals surface area (Å²) in [6.45, 7) is 8.65. The molecule has 1 aliphatic heterocycles. The van der Waals surface area contributed by atoms with E-state index in [0.29, 0.717) is 6.04 Å². The average Bonchev–Trinajstić information content (AvgIpc) is 2.79. The molecule has 108 valence electrons. The van der Waals surface area contributed by atoms with Crippen molar-refractivity contribution in [1.82, 2.24) is 15.0 Å². The highest BCUT2D eigenvalue weighted by Crippen LogP contribution is 2.30. The Labute approximate surface area is 120 Å². The van der Waals surface area contributed by atoms with E-state index in [-0.39, 0.29) is 0 Å². The summed E-state index contributed by atoms with van der Waals surface area (Å²) in [4.78, 5) is 4.98. The molecule has 1 unspecified atom stereocenters. The highest BCUT2D eigenvalue weighted by atomic mass is 16.5. The first-order valence-electron chi connectivity index (χ1n) is 7.38. The van der Waals surface area contributed by atoms with Crippen LogP contribution in [-0.4, -0.2) is 54.2 Å². The second-order valence-corrected chi connectivity index (χ2v) is 5.89. The number of rotatable bonds is 2. The fourth-order valence-electron chi connectivity index (χ4n) is 3.19. The fourth-order valence-corrected chi connectivity index (χ4v) is 3.19. The summed E-state index contributed by atoms with van der Waals surface area (Å²) in [6.07, 6.45) is 7.78. The summed E-state index contributed by atoms with van der Waals surface area (Å²) in [5.74, 6) is 0.932. The molecule has 0 radical (unpaired) electrons. The molecule has 20 heavy (non-hydrogen) atoms. The Kier molecular flexibility index (Phi) is 3.76. The number of aromatic nitrogens is 1. The third-order valence-corrected chi connectivity index (χ3v) is 4.42. The zero-order valence-electron chi connectivity index (χ0n) is 12.6. The van der Waals surface area contributed by atoms with E-state index >= 15 is 0 Å². The van der Waals surface area contributed by atoms with Crippen LogP contribution in [0.25, 0.3) is 5.57 Å². The van der Waals surface area contributed by atoms with Crippen LogP contribution in [0.3, 0.4) is 0 Å². The van der Waals surface area contributed by atoms with Gasteiger partial charge in [-0.05, 0) is 32.9 Å². The molecule has 0 N–H and O–H groups in total. The third kappa shape index (κ3) is 2.58. The lowest BCUT2D eigenvalue weighted by atomic mass is 9.92. The van der Waals surface area contributed by atoms with E-state index < -0.39 is 0 Å². The Balaban J connectivity index is 1.74. The van der Waals surface area contributed by atoms with Crippen molar-refractivity contribution in [3.8, 4) is 0 Å². The van der Waals surface area contributed by atoms with Crippen molar-refractivity contribution in [2.45, 2.75) is 26.3 Å². The second kappa shape index (κ2) is 5.54. The maximum absolute atomic E-state index is 5.31. The highest BCUT2D eigenvalue weighted by molar-refractivity contribution is 5.71. The van der Waals surface area contributed by atoms with E-state index in [1.807, 2.05) is 13.8 Å². The summed E-state index contributed by atoms with van der Waals surface area (Å²) < 4.78 is 5.31. The van der Waals surface area contributed by atoms with Crippen LogP contribution in [-0.2, 0) is 0 Å². The van der Waals surface area contributed by atoms with Crippen molar-refractivity contribution < 1.29 is 4.52 Å². The fraction of sp³-hybridized carbons (Fsp3) is 0.562. The lowest BCUT2D eigenvalue weighted by Gasteiger charge is -2.38. The Hall–Kier alpha value is -1.39. The molecule has 4 heteroatoms. The monoisotopic (exact) mass is 273 g/mol. The van der Waals surface area contributed by atoms with Gasteiger partial charge in [0.25, 0.3) is 0 Å². The van der Waals surface area contributed by atoms with Gasteiger partial charge in [0.2, 0.25) is 0 Å². The van der Waals surface area contributed by atoms with Gasteiger partial charge in [0.15, 0.2) is 0 Å². The molecule has 3 rings (SSSR count). The minimum Gasteiger partial charge on any atom is -0.361 e. The number of hydrogen-bond donors (Lipinski definition) is 0. The van der Waals surface area contributed by atoms with Crippen molar-refractivity contribution in [3.05, 3.63) is 35.2 Å². The number of likely N-dealkylation sites (N-methyl/N-ethyl adjacent to an activating group) is 1. The number of allylic oxidation sites excluding steroid dienone is 2. The molecule has 1 aromatic rings. The predicted octanol–water partition coefficient (Wildman–Crippen LogP) is 2.25. The second-order valence-electron chi connectivity index (χ2n) is 5.89. The largest absolute Gasteiger partial charge is 0.361 e. The van der Waals surface area contributed by atoms with E-state index in [9.17, 15) is 0 Å². The van der Waals surface area contributed by atoms with Gasteiger partial charge in [-0.25, -0.2) is 0 Å². The minimum absolute atomic E-state index is 0.511. The summed E-state index contributed by atoms with van der Waals surface area (Å²) in [5, 5.41) is 4.08. The number of piperazine rings is 1. The topological polar surface area (TPSA) is 32.5 Å². The molecule has 2 heterocycles. The van der Waals surface area contributed by atoms with Crippen LogP contribution < -0.4 is 0 Å². The van der Waals surface area contributed by atoms with Gasteiger partial charge in [-0.1, -0.05) is 23.4 Å². The molecule has 1 aromatic heterocycles. The molecule has 2 aliphatic rings. The number of nitrogens with zero attached hydrogens (tertiary/aromatic N) is 3. The zero-order valence-corrected chi connectivity index (χ0v) is 12.6. The van der Waals surface area contributed by atoms with E-state index in [2.05, 4.69) is 40.2 Å². The normalized spacial score (nSPS) is 24.9. The molecular weight excluding hydrogens is 250 g/mol. The van der Waals surface area contributed by atoms with Crippen LogP contribution in [0.2, 0.25) is 0 Å². The van der Waals surface area contributed by atoms with Crippen LogP contribution in [0.5, 0.6) is 0 Å². The van der Waals surface area contributed by atoms with Gasteiger partial charge in [-0.3, -0.25) is 4.90 Å². The van der Waals surface area contributed by atoms with Gasteiger partial charge in [0.05, 0.1) is 5.69 Å². The molecule has 0 spiro atoms. The molecule has 1 fully saturated rings. The van der Waals surface area contributed by atoms with Crippen molar-refractivity contribution in [2.75, 3.05) is 33.2 Å². The van der Waals surface area contributed by atoms with Crippen LogP contribution in [0, 0.1) is 13.8 Å². The van der Waals surface area contributed by atoms with Crippen molar-refractivity contribution >= 4 is 5.57 Å². The molecule has 1 saturated heterocycles. The molecule has 0 amide bonds. The van der Waals surface area contributed by atoms with E-state index in [0.717, 1.165) is 44.1 Å². The lowest BCUT2D eigenvalue weighted by Crippen LogP contribution is -2.48. The molecule has 0 aromatic carbocycles. The summed E-state index contributed by atoms with van der Waals surface area (Å²) in [5.41, 5.74) is 3.56. The van der Waals surface area contributed by atoms with E-state index in [1.165, 1.54) is 11.1 Å². The molecule has 4 nitrogen and oxygen atoms in total. The highest BCUT2D eigenvalue weighted by Gasteiger charge is 2.25. The van der Waals surface area contributed by atoms with Crippen molar-refractivity contribution in [2.24, 2.45) is 0 Å². The van der Waals surface area contributed by atoms with Gasteiger partial charge < -0.3 is 9.42 Å². The summed E-state index contributed by atoms with van der Waals surface area (Å²) in [6, 6.07) is 0.511. The molecule has 0 saturated carbocycles. The van der Waals surface area contributed by atoms with Crippen LogP contribution >= 0.6 is 0 Å². The lowest BCUT2D eigenvalue weighted by molar-refractivity contribution is 0.131. The standard InChI is InChI=1S/C16H23N3O/c1-12-16(13(2)20-17-12)14-5-4-6-15(11-14)19-9-7-18(3)8-10-19/h4-6,15H,7-11H2,1-3H3. The first kappa shape index (κ1) is 13.6. The number of hydrogen-bond acceptors (Lipinski definition) is 4. The predicted molar refractivity (Wildman–Crippen MR) is 80.6 cm³/mol. The first-order valence-corrected chi connectivity index (χ1v) is 7.38. The molecule has 0 bridgehead atoms. The quantitative estimate of drug-likeness (QED) is 0.827. The van der Waals surface area contributed by atoms with Gasteiger partial charge in [-0.15, -0.1) is 0 Å². The summed E-state index contributed by atoms with van der Waals surface area (Å²) in [7, 11) is 2.20. The van der Waals surface area contributed by atoms with Gasteiger partial charge >= 0.3 is 0 Å². The van der Waals surface area contributed by atoms with E-state index in [4.69, 9.17) is 4.52 Å². The average molecular weight is 273 g/mol. The maximum Gasteiger partial charge on any atom is 0.141 e. The van der Waals surface area contributed by atoms with Gasteiger partial charge in [-0.2, -0.15) is 0 Å². The van der Waals surface area contributed by atoms with Gasteiger partial charge in [0, 0.05) is 37.8 Å². The number of aryl methyl sites for hydroxylation is 2. The first-order chi connectivity index (χ1) is 9.65. The van der Waals surface area contributed by atoms with Crippen LogP contribution in [0.4, 0.5) is 0 Å². The van der Waals surface area contributed by atoms with Gasteiger partial charge in [0.1, 0.15) is 5.76 Å². The SMILES string of the molecule is Cc1noc(C)c1C1=CC=CC(N2CCN(C)CC2)C1. The van der Waals surface area contributed by atoms with Crippen LogP contribution in [0.1, 0.15) is 23.4 Å². The third-order valence-electron chi connectivity index (χ3n) is 4.42. The van der Waals surface area contributed by atoms with Crippen molar-refractivity contribution in [3.63, 3.8) is 0 Å². The Morgan fingerprint density at radius 3 is 2.60 bits per heavy atom. The van der Waals surface area contributed by atoms with Crippen LogP contribution in [0.15, 0.2) is 22.8 Å². The summed E-state index contributed by atoms with van der Waals surface area (Å²) >= 11 is 0. The van der Waals surface area contributed by atoms with Crippen molar-refractivity contribution in [1.29, 1.82) is 0 Å². The van der Waals surface area contributed by atoms with E-state index in [1.54, 1.807) is 0 Å². The Morgan fingerprint density at radius 1 is 1.20 bits per heavy atom.